The predicted molar refractivity (Wildman–Crippen MR) is 124 cm³/mol. The average molecular weight is 477 g/mol. The second-order valence-electron chi connectivity index (χ2n) is 8.90. The number of nitrogens with zero attached hydrogens (tertiary/aromatic N) is 4. The van der Waals surface area contributed by atoms with Crippen LogP contribution in [0.5, 0.6) is 5.75 Å². The Morgan fingerprint density at radius 2 is 1.91 bits per heavy atom. The Bertz CT molecular complexity index is 932. The quantitative estimate of drug-likeness (QED) is 0.559. The summed E-state index contributed by atoms with van der Waals surface area (Å²) in [6.07, 6.45) is 7.42. The first kappa shape index (κ1) is 23.7. The first-order valence-electron chi connectivity index (χ1n) is 11.5. The lowest BCUT2D eigenvalue weighted by Crippen LogP contribution is -2.51. The van der Waals surface area contributed by atoms with Gasteiger partial charge in [0.2, 0.25) is 11.9 Å². The fourth-order valence-corrected chi connectivity index (χ4v) is 4.47. The molecule has 0 atom stereocenters. The lowest BCUT2D eigenvalue weighted by atomic mass is 9.92. The molecular formula is C24H30ClFN4O3. The number of aliphatic hydroxyl groups is 1. The third kappa shape index (κ3) is 6.32. The molecule has 0 saturated carbocycles. The van der Waals surface area contributed by atoms with Crippen LogP contribution in [0.2, 0.25) is 5.02 Å². The molecule has 1 amide bonds. The Morgan fingerprint density at radius 3 is 2.58 bits per heavy atom. The van der Waals surface area contributed by atoms with Gasteiger partial charge in [-0.3, -0.25) is 4.79 Å². The summed E-state index contributed by atoms with van der Waals surface area (Å²) in [6, 6.07) is 4.71. The monoisotopic (exact) mass is 476 g/mol. The van der Waals surface area contributed by atoms with Gasteiger partial charge in [0.15, 0.2) is 0 Å². The molecule has 1 aromatic heterocycles. The van der Waals surface area contributed by atoms with E-state index in [2.05, 4.69) is 14.9 Å². The maximum absolute atomic E-state index is 14.4. The molecule has 2 fully saturated rings. The Morgan fingerprint density at radius 1 is 1.18 bits per heavy atom. The van der Waals surface area contributed by atoms with Crippen LogP contribution < -0.4 is 9.64 Å². The zero-order valence-corrected chi connectivity index (χ0v) is 19.4. The van der Waals surface area contributed by atoms with Crippen LogP contribution in [-0.4, -0.2) is 65.3 Å². The maximum atomic E-state index is 14.4. The zero-order chi connectivity index (χ0) is 23.2. The molecule has 2 saturated heterocycles. The number of ether oxygens (including phenoxy) is 1. The van der Waals surface area contributed by atoms with E-state index in [1.54, 1.807) is 29.4 Å². The van der Waals surface area contributed by atoms with E-state index in [0.717, 1.165) is 44.7 Å². The Balaban J connectivity index is 1.14. The molecule has 0 aliphatic carbocycles. The van der Waals surface area contributed by atoms with Gasteiger partial charge in [0.1, 0.15) is 11.6 Å². The highest BCUT2D eigenvalue weighted by Crippen LogP contribution is 2.25. The molecule has 9 heteroatoms. The molecule has 1 N–H and O–H groups in total. The summed E-state index contributed by atoms with van der Waals surface area (Å²) in [4.78, 5) is 24.6. The molecule has 2 aliphatic rings. The number of amides is 1. The van der Waals surface area contributed by atoms with Crippen LogP contribution in [0.25, 0.3) is 0 Å². The SMILES string of the molecule is O=C(Cc1ccc(OCCCC2CCN(c3ncc(Cl)cn3)CC2)cc1F)N1CC(CO)C1. The maximum Gasteiger partial charge on any atom is 0.227 e. The van der Waals surface area contributed by atoms with Crippen molar-refractivity contribution >= 4 is 23.5 Å². The van der Waals surface area contributed by atoms with Gasteiger partial charge >= 0.3 is 0 Å². The molecule has 33 heavy (non-hydrogen) atoms. The molecule has 0 spiro atoms. The van der Waals surface area contributed by atoms with Crippen molar-refractivity contribution in [2.24, 2.45) is 11.8 Å². The molecule has 7 nitrogen and oxygen atoms in total. The van der Waals surface area contributed by atoms with Gasteiger partial charge in [0, 0.05) is 44.8 Å². The van der Waals surface area contributed by atoms with Gasteiger partial charge in [0.05, 0.1) is 30.4 Å². The molecule has 178 valence electrons. The van der Waals surface area contributed by atoms with Crippen molar-refractivity contribution < 1.29 is 19.0 Å². The number of piperidine rings is 1. The summed E-state index contributed by atoms with van der Waals surface area (Å²) in [5.74, 6) is 1.47. The number of carbonyl (C=O) groups excluding carboxylic acids is 1. The number of hydrogen-bond acceptors (Lipinski definition) is 6. The van der Waals surface area contributed by atoms with Crippen molar-refractivity contribution in [2.75, 3.05) is 44.3 Å². The molecule has 4 rings (SSSR count). The number of hydrogen-bond donors (Lipinski definition) is 1. The highest BCUT2D eigenvalue weighted by molar-refractivity contribution is 6.30. The van der Waals surface area contributed by atoms with Gasteiger partial charge in [-0.25, -0.2) is 14.4 Å². The number of aromatic nitrogens is 2. The van der Waals surface area contributed by atoms with E-state index >= 15 is 0 Å². The van der Waals surface area contributed by atoms with Crippen molar-refractivity contribution in [1.29, 1.82) is 0 Å². The van der Waals surface area contributed by atoms with Crippen LogP contribution >= 0.6 is 11.6 Å². The van der Waals surface area contributed by atoms with Crippen LogP contribution in [0.15, 0.2) is 30.6 Å². The molecular weight excluding hydrogens is 447 g/mol. The molecule has 2 aromatic rings. The number of aliphatic hydroxyl groups excluding tert-OH is 1. The van der Waals surface area contributed by atoms with E-state index < -0.39 is 5.82 Å². The number of halogens is 2. The summed E-state index contributed by atoms with van der Waals surface area (Å²) in [5, 5.41) is 9.59. The van der Waals surface area contributed by atoms with Gasteiger partial charge < -0.3 is 19.6 Å². The fourth-order valence-electron chi connectivity index (χ4n) is 4.38. The number of carbonyl (C=O) groups is 1. The van der Waals surface area contributed by atoms with E-state index in [-0.39, 0.29) is 24.9 Å². The van der Waals surface area contributed by atoms with E-state index in [0.29, 0.717) is 41.9 Å². The lowest BCUT2D eigenvalue weighted by Gasteiger charge is -2.38. The molecule has 1 aromatic carbocycles. The lowest BCUT2D eigenvalue weighted by molar-refractivity contribution is -0.137. The van der Waals surface area contributed by atoms with Crippen LogP contribution in [-0.2, 0) is 11.2 Å². The number of anilines is 1. The van der Waals surface area contributed by atoms with Crippen LogP contribution in [0.4, 0.5) is 10.3 Å². The summed E-state index contributed by atoms with van der Waals surface area (Å²) < 4.78 is 20.2. The van der Waals surface area contributed by atoms with Crippen molar-refractivity contribution in [1.82, 2.24) is 14.9 Å². The highest BCUT2D eigenvalue weighted by Gasteiger charge is 2.30. The normalized spacial score (nSPS) is 17.2. The molecule has 0 bridgehead atoms. The second-order valence-corrected chi connectivity index (χ2v) is 9.34. The minimum atomic E-state index is -0.420. The first-order valence-corrected chi connectivity index (χ1v) is 11.9. The fraction of sp³-hybridized carbons (Fsp3) is 0.542. The topological polar surface area (TPSA) is 78.8 Å². The molecule has 0 radical (unpaired) electrons. The van der Waals surface area contributed by atoms with Crippen LogP contribution in [0, 0.1) is 17.7 Å². The van der Waals surface area contributed by atoms with Gasteiger partial charge in [-0.05, 0) is 43.2 Å². The minimum Gasteiger partial charge on any atom is -0.493 e. The van der Waals surface area contributed by atoms with E-state index in [1.807, 2.05) is 0 Å². The van der Waals surface area contributed by atoms with Crippen molar-refractivity contribution in [3.8, 4) is 5.75 Å². The third-order valence-electron chi connectivity index (χ3n) is 6.46. The first-order chi connectivity index (χ1) is 16.0. The third-order valence-corrected chi connectivity index (χ3v) is 6.66. The molecule has 2 aliphatic heterocycles. The van der Waals surface area contributed by atoms with Crippen molar-refractivity contribution in [2.45, 2.75) is 32.1 Å². The molecule has 0 unspecified atom stereocenters. The Hall–Kier alpha value is -2.45. The number of benzene rings is 1. The van der Waals surface area contributed by atoms with E-state index in [9.17, 15) is 9.18 Å². The summed E-state index contributed by atoms with van der Waals surface area (Å²) >= 11 is 5.85. The number of likely N-dealkylation sites (tertiary alicyclic amines) is 1. The van der Waals surface area contributed by atoms with Crippen molar-refractivity contribution in [3.63, 3.8) is 0 Å². The van der Waals surface area contributed by atoms with E-state index in [1.165, 1.54) is 6.07 Å². The van der Waals surface area contributed by atoms with Crippen molar-refractivity contribution in [3.05, 3.63) is 47.0 Å². The Kier molecular flexibility index (Phi) is 7.98. The second kappa shape index (κ2) is 11.1. The predicted octanol–water partition coefficient (Wildman–Crippen LogP) is 3.34. The molecule has 3 heterocycles. The Labute approximate surface area is 198 Å². The van der Waals surface area contributed by atoms with Gasteiger partial charge in [0.25, 0.3) is 0 Å². The van der Waals surface area contributed by atoms with Crippen LogP contribution in [0.3, 0.4) is 0 Å². The van der Waals surface area contributed by atoms with Gasteiger partial charge in [-0.2, -0.15) is 0 Å². The number of rotatable bonds is 9. The van der Waals surface area contributed by atoms with Crippen LogP contribution in [0.1, 0.15) is 31.2 Å². The summed E-state index contributed by atoms with van der Waals surface area (Å²) in [7, 11) is 0. The smallest absolute Gasteiger partial charge is 0.227 e. The summed E-state index contributed by atoms with van der Waals surface area (Å²) in [6.45, 7) is 3.57. The van der Waals surface area contributed by atoms with Gasteiger partial charge in [-0.1, -0.05) is 17.7 Å². The summed E-state index contributed by atoms with van der Waals surface area (Å²) in [5.41, 5.74) is 0.372. The average Bonchev–Trinajstić information content (AvgIpc) is 2.79. The zero-order valence-electron chi connectivity index (χ0n) is 18.6. The minimum absolute atomic E-state index is 0.0318. The largest absolute Gasteiger partial charge is 0.493 e. The van der Waals surface area contributed by atoms with E-state index in [4.69, 9.17) is 21.4 Å². The standard InChI is InChI=1S/C24H30ClFN4O3/c25-20-12-27-24(28-13-20)29-7-5-17(6-8-29)2-1-9-33-21-4-3-19(22(26)11-21)10-23(32)30-14-18(15-30)16-31/h3-4,11-13,17-18,31H,1-2,5-10,14-16H2. The highest BCUT2D eigenvalue weighted by atomic mass is 35.5. The van der Waals surface area contributed by atoms with Gasteiger partial charge in [-0.15, -0.1) is 0 Å².